The lowest BCUT2D eigenvalue weighted by atomic mass is 9.82. The van der Waals surface area contributed by atoms with Gasteiger partial charge < -0.3 is 9.80 Å². The van der Waals surface area contributed by atoms with Gasteiger partial charge in [-0.05, 0) is 172 Å². The Balaban J connectivity index is 1.13. The first-order chi connectivity index (χ1) is 34.7. The Bertz CT molecular complexity index is 3980. The van der Waals surface area contributed by atoms with Gasteiger partial charge in [0.15, 0.2) is 0 Å². The van der Waals surface area contributed by atoms with Crippen LogP contribution in [0.25, 0.3) is 86.9 Å². The molecule has 0 amide bonds. The molecule has 0 bridgehead atoms. The van der Waals surface area contributed by atoms with Gasteiger partial charge in [-0.3, -0.25) is 0 Å². The molecule has 0 aliphatic carbocycles. The average molecular weight is 925 g/mol. The Morgan fingerprint density at radius 2 is 0.543 bits per heavy atom. The maximum atomic E-state index is 2.49. The summed E-state index contributed by atoms with van der Waals surface area (Å²) in [4.78, 5) is 9.94. The lowest BCUT2D eigenvalue weighted by molar-refractivity contribution is 1.17. The number of anilines is 6. The van der Waals surface area contributed by atoms with Crippen molar-refractivity contribution in [2.24, 2.45) is 0 Å². The molecular weight excluding hydrogens is 885 g/mol. The molecule has 13 aromatic carbocycles. The number of rotatable bonds is 4. The van der Waals surface area contributed by atoms with Crippen LogP contribution in [0.5, 0.6) is 0 Å². The first-order valence-electron chi connectivity index (χ1n) is 23.9. The van der Waals surface area contributed by atoms with Crippen molar-refractivity contribution in [2.75, 3.05) is 9.80 Å². The fourth-order valence-corrected chi connectivity index (χ4v) is 13.7. The minimum atomic E-state index is 1.13. The summed E-state index contributed by atoms with van der Waals surface area (Å²) in [7, 11) is 0. The van der Waals surface area contributed by atoms with Crippen LogP contribution in [-0.2, 0) is 0 Å². The topological polar surface area (TPSA) is 6.48 Å². The van der Waals surface area contributed by atoms with Gasteiger partial charge in [0.05, 0.1) is 22.7 Å². The van der Waals surface area contributed by atoms with Crippen LogP contribution in [0, 0.1) is 0 Å². The fraction of sp³-hybridized carbons (Fsp3) is 0. The van der Waals surface area contributed by atoms with Crippen LogP contribution in [0.2, 0.25) is 0 Å². The maximum Gasteiger partial charge on any atom is 0.0601 e. The summed E-state index contributed by atoms with van der Waals surface area (Å²) in [5, 5.41) is 14.8. The summed E-state index contributed by atoms with van der Waals surface area (Å²) in [6, 6.07) is 90.6. The molecule has 15 rings (SSSR count). The number of hydrogen-bond donors (Lipinski definition) is 0. The van der Waals surface area contributed by atoms with Crippen molar-refractivity contribution in [1.82, 2.24) is 0 Å². The summed E-state index contributed by atoms with van der Waals surface area (Å²) in [6.45, 7) is 0. The molecule has 2 aliphatic heterocycles. The zero-order chi connectivity index (χ0) is 45.9. The Morgan fingerprint density at radius 3 is 0.929 bits per heavy atom. The van der Waals surface area contributed by atoms with Crippen molar-refractivity contribution >= 4 is 122 Å². The van der Waals surface area contributed by atoms with E-state index < -0.39 is 0 Å². The Labute approximate surface area is 414 Å². The van der Waals surface area contributed by atoms with Gasteiger partial charge in [-0.1, -0.05) is 181 Å². The predicted octanol–water partition coefficient (Wildman–Crippen LogP) is 19.8. The zero-order valence-corrected chi connectivity index (χ0v) is 39.4. The molecule has 0 radical (unpaired) electrons. The van der Waals surface area contributed by atoms with E-state index in [0.717, 1.165) is 11.4 Å². The highest BCUT2D eigenvalue weighted by Crippen LogP contribution is 2.56. The summed E-state index contributed by atoms with van der Waals surface area (Å²) in [5.41, 5.74) is 11.9. The van der Waals surface area contributed by atoms with Gasteiger partial charge >= 0.3 is 0 Å². The van der Waals surface area contributed by atoms with E-state index in [-0.39, 0.29) is 0 Å². The molecule has 2 aliphatic rings. The zero-order valence-electron chi connectivity index (χ0n) is 37.8. The Morgan fingerprint density at radius 1 is 0.229 bits per heavy atom. The highest BCUT2D eigenvalue weighted by Gasteiger charge is 2.29. The SMILES string of the molecule is c1ccc2c(c1)Sc1ccccc1N2c1ccc2c(-c3cc4ccccc4c4ccccc34)c3cc(N4c5ccccc5Sc5ccccc54)ccc3c(-c3cc4ccccc4c4ccccc34)c2c1. The number of benzene rings is 13. The van der Waals surface area contributed by atoms with Crippen LogP contribution in [0.1, 0.15) is 0 Å². The molecule has 0 saturated carbocycles. The van der Waals surface area contributed by atoms with Crippen molar-refractivity contribution in [1.29, 1.82) is 0 Å². The summed E-state index contributed by atoms with van der Waals surface area (Å²) < 4.78 is 0. The van der Waals surface area contributed by atoms with Crippen LogP contribution in [0.3, 0.4) is 0 Å². The maximum absolute atomic E-state index is 2.49. The standard InChI is InChI=1S/C66H40N2S2/c1-3-19-45-41(17-1)37-53(49-23-7-5-21-47(45)49)65-51-35-33-44(68-59-27-11-15-31-63(59)70-64-32-16-12-28-60(64)68)40-56(51)66(54-38-42-18-2-4-20-46(42)48-22-6-8-24-50(48)54)52-36-34-43(39-55(52)65)67-57-25-9-13-29-61(57)69-62-30-14-10-26-58(62)67/h1-40H. The highest BCUT2D eigenvalue weighted by atomic mass is 32.2. The molecule has 0 N–H and O–H groups in total. The number of para-hydroxylation sites is 4. The molecular formula is C66H40N2S2. The van der Waals surface area contributed by atoms with Crippen LogP contribution < -0.4 is 9.80 Å². The van der Waals surface area contributed by atoms with Crippen molar-refractivity contribution in [3.63, 3.8) is 0 Å². The summed E-state index contributed by atoms with van der Waals surface area (Å²) in [6.07, 6.45) is 0. The van der Waals surface area contributed by atoms with Gasteiger partial charge in [0, 0.05) is 31.0 Å². The monoisotopic (exact) mass is 924 g/mol. The van der Waals surface area contributed by atoms with Gasteiger partial charge in [-0.2, -0.15) is 0 Å². The third-order valence-corrected chi connectivity index (χ3v) is 16.8. The van der Waals surface area contributed by atoms with Crippen molar-refractivity contribution in [3.8, 4) is 22.3 Å². The Kier molecular flexibility index (Phi) is 8.86. The van der Waals surface area contributed by atoms with Gasteiger partial charge in [0.25, 0.3) is 0 Å². The number of nitrogens with zero attached hydrogens (tertiary/aromatic N) is 2. The molecule has 0 atom stereocenters. The molecule has 13 aromatic rings. The smallest absolute Gasteiger partial charge is 0.0601 e. The quantitative estimate of drug-likeness (QED) is 0.128. The molecule has 2 heterocycles. The highest BCUT2D eigenvalue weighted by molar-refractivity contribution is 8.00. The first kappa shape index (κ1) is 39.7. The molecule has 326 valence electrons. The molecule has 70 heavy (non-hydrogen) atoms. The average Bonchev–Trinajstić information content (AvgIpc) is 3.43. The molecule has 2 nitrogen and oxygen atoms in total. The lowest BCUT2D eigenvalue weighted by Crippen LogP contribution is -2.15. The molecule has 0 fully saturated rings. The van der Waals surface area contributed by atoms with Crippen LogP contribution in [0.4, 0.5) is 34.1 Å². The normalized spacial score (nSPS) is 13.0. The molecule has 4 heteroatoms. The van der Waals surface area contributed by atoms with Gasteiger partial charge in [0.2, 0.25) is 0 Å². The second-order valence-corrected chi connectivity index (χ2v) is 20.5. The van der Waals surface area contributed by atoms with Crippen LogP contribution in [-0.4, -0.2) is 0 Å². The number of fused-ring (bicyclic) bond motifs is 12. The van der Waals surface area contributed by atoms with Crippen LogP contribution in [0.15, 0.2) is 262 Å². The minimum Gasteiger partial charge on any atom is -0.308 e. The van der Waals surface area contributed by atoms with Gasteiger partial charge in [0.1, 0.15) is 0 Å². The van der Waals surface area contributed by atoms with E-state index in [1.807, 2.05) is 23.5 Å². The largest absolute Gasteiger partial charge is 0.308 e. The van der Waals surface area contributed by atoms with E-state index in [1.54, 1.807) is 0 Å². The van der Waals surface area contributed by atoms with E-state index in [4.69, 9.17) is 0 Å². The van der Waals surface area contributed by atoms with E-state index >= 15 is 0 Å². The number of hydrogen-bond acceptors (Lipinski definition) is 4. The molecule has 0 saturated heterocycles. The minimum absolute atomic E-state index is 1.13. The lowest BCUT2D eigenvalue weighted by Gasteiger charge is -2.34. The molecule has 0 spiro atoms. The Hall–Kier alpha value is -8.28. The van der Waals surface area contributed by atoms with E-state index in [0.29, 0.717) is 0 Å². The van der Waals surface area contributed by atoms with Crippen molar-refractivity contribution in [3.05, 3.63) is 243 Å². The molecule has 0 aromatic heterocycles. The second kappa shape index (κ2) is 15.6. The van der Waals surface area contributed by atoms with Crippen molar-refractivity contribution in [2.45, 2.75) is 19.6 Å². The predicted molar refractivity (Wildman–Crippen MR) is 300 cm³/mol. The summed E-state index contributed by atoms with van der Waals surface area (Å²) >= 11 is 3.70. The third kappa shape index (κ3) is 5.97. The van der Waals surface area contributed by atoms with Gasteiger partial charge in [-0.25, -0.2) is 0 Å². The van der Waals surface area contributed by atoms with Crippen molar-refractivity contribution < 1.29 is 0 Å². The van der Waals surface area contributed by atoms with E-state index in [2.05, 4.69) is 252 Å². The van der Waals surface area contributed by atoms with Crippen LogP contribution >= 0.6 is 23.5 Å². The van der Waals surface area contributed by atoms with E-state index in [9.17, 15) is 0 Å². The second-order valence-electron chi connectivity index (χ2n) is 18.3. The first-order valence-corrected chi connectivity index (χ1v) is 25.5. The van der Waals surface area contributed by atoms with E-state index in [1.165, 1.54) is 129 Å². The summed E-state index contributed by atoms with van der Waals surface area (Å²) in [5.74, 6) is 0. The molecule has 0 unspecified atom stereocenters. The van der Waals surface area contributed by atoms with Gasteiger partial charge in [-0.15, -0.1) is 0 Å². The fourth-order valence-electron chi connectivity index (χ4n) is 11.6. The third-order valence-electron chi connectivity index (χ3n) is 14.5.